The number of primary amides is 1. The second kappa shape index (κ2) is 8.55. The van der Waals surface area contributed by atoms with Gasteiger partial charge in [0.2, 0.25) is 21.8 Å². The van der Waals surface area contributed by atoms with Crippen molar-refractivity contribution >= 4 is 21.8 Å². The zero-order valence-electron chi connectivity index (χ0n) is 19.8. The molecule has 5 unspecified atom stereocenters. The Morgan fingerprint density at radius 1 is 1.18 bits per heavy atom. The summed E-state index contributed by atoms with van der Waals surface area (Å²) in [5.41, 5.74) is 3.72. The molecule has 2 amide bonds. The molecule has 0 saturated heterocycles. The molecule has 3 bridgehead atoms. The van der Waals surface area contributed by atoms with Gasteiger partial charge in [-0.05, 0) is 75.8 Å². The van der Waals surface area contributed by atoms with Crippen molar-refractivity contribution in [2.24, 2.45) is 28.9 Å². The van der Waals surface area contributed by atoms with E-state index in [1.54, 1.807) is 0 Å². The summed E-state index contributed by atoms with van der Waals surface area (Å²) in [6, 6.07) is 2.63. The minimum atomic E-state index is -4.64. The van der Waals surface area contributed by atoms with Crippen LogP contribution in [0.25, 0.3) is 0 Å². The second-order valence-electron chi connectivity index (χ2n) is 10.7. The van der Waals surface area contributed by atoms with E-state index in [1.807, 2.05) is 0 Å². The molecule has 10 heteroatoms. The molecule has 3 N–H and O–H groups in total. The highest BCUT2D eigenvalue weighted by atomic mass is 32.2. The van der Waals surface area contributed by atoms with Crippen molar-refractivity contribution in [1.29, 1.82) is 0 Å². The van der Waals surface area contributed by atoms with Crippen LogP contribution in [0.1, 0.15) is 59.3 Å². The second-order valence-corrected chi connectivity index (χ2v) is 12.5. The lowest BCUT2D eigenvalue weighted by atomic mass is 9.48. The smallest absolute Gasteiger partial charge is 0.249 e. The highest BCUT2D eigenvalue weighted by Gasteiger charge is 2.58. The largest absolute Gasteiger partial charge is 0.369 e. The van der Waals surface area contributed by atoms with Crippen molar-refractivity contribution < 1.29 is 26.8 Å². The number of hydrogen-bond donors (Lipinski definition) is 2. The molecule has 0 radical (unpaired) electrons. The predicted octanol–water partition coefficient (Wildman–Crippen LogP) is 2.94. The minimum absolute atomic E-state index is 0.0817. The molecular formula is C24H33F2N3O4S. The third kappa shape index (κ3) is 3.82. The van der Waals surface area contributed by atoms with E-state index in [9.17, 15) is 26.8 Å². The molecule has 3 fully saturated rings. The van der Waals surface area contributed by atoms with E-state index in [0.717, 1.165) is 48.2 Å². The topological polar surface area (TPSA) is 110 Å². The van der Waals surface area contributed by atoms with Crippen LogP contribution in [0.2, 0.25) is 0 Å². The molecule has 3 aliphatic carbocycles. The van der Waals surface area contributed by atoms with Gasteiger partial charge in [0.25, 0.3) is 0 Å². The van der Waals surface area contributed by atoms with E-state index >= 15 is 0 Å². The number of nitrogens with zero attached hydrogens (tertiary/aromatic N) is 1. The van der Waals surface area contributed by atoms with Crippen molar-refractivity contribution in [2.75, 3.05) is 6.54 Å². The number of benzene rings is 1. The Morgan fingerprint density at radius 2 is 1.82 bits per heavy atom. The lowest BCUT2D eigenvalue weighted by molar-refractivity contribution is -0.149. The molecule has 3 aliphatic rings. The number of carbonyl (C=O) groups is 2. The Balaban J connectivity index is 1.58. The van der Waals surface area contributed by atoms with Gasteiger partial charge in [-0.3, -0.25) is 9.59 Å². The molecule has 0 aliphatic heterocycles. The number of amides is 2. The molecule has 4 rings (SSSR count). The number of nitrogens with one attached hydrogen (secondary N) is 1. The summed E-state index contributed by atoms with van der Waals surface area (Å²) < 4.78 is 56.0. The lowest BCUT2D eigenvalue weighted by Gasteiger charge is -2.57. The standard InChI is InChI=1S/C24H33F2N3O4S/c1-4-29(34(32,33)20-17(25)6-5-7-18(20)26)23(2,3)22(31)28-19-11-16-9-8-14-10-15(19)13-24(16,12-14)21(27)30/h5-7,14-16,19H,4,8-13H2,1-3H3,(H2,27,30)(H,28,31). The van der Waals surface area contributed by atoms with E-state index in [4.69, 9.17) is 5.73 Å². The summed E-state index contributed by atoms with van der Waals surface area (Å²) in [5.74, 6) is -2.64. The number of sulfonamides is 1. The fraction of sp³-hybridized carbons (Fsp3) is 0.667. The molecule has 1 aromatic carbocycles. The Hall–Kier alpha value is -2.07. The van der Waals surface area contributed by atoms with Crippen LogP contribution >= 0.6 is 0 Å². The Morgan fingerprint density at radius 3 is 2.41 bits per heavy atom. The van der Waals surface area contributed by atoms with E-state index in [1.165, 1.54) is 20.8 Å². The van der Waals surface area contributed by atoms with Crippen LogP contribution in [0.3, 0.4) is 0 Å². The van der Waals surface area contributed by atoms with Crippen LogP contribution in [-0.4, -0.2) is 42.7 Å². The quantitative estimate of drug-likeness (QED) is 0.604. The third-order valence-corrected chi connectivity index (χ3v) is 10.7. The van der Waals surface area contributed by atoms with Crippen molar-refractivity contribution in [2.45, 2.75) is 75.8 Å². The highest BCUT2D eigenvalue weighted by Crippen LogP contribution is 2.59. The maximum absolute atomic E-state index is 14.3. The average molecular weight is 498 g/mol. The average Bonchev–Trinajstić information content (AvgIpc) is 2.73. The zero-order chi connectivity index (χ0) is 25.1. The van der Waals surface area contributed by atoms with Gasteiger partial charge in [-0.2, -0.15) is 4.31 Å². The maximum Gasteiger partial charge on any atom is 0.249 e. The molecule has 5 atom stereocenters. The first-order chi connectivity index (χ1) is 15.8. The normalized spacial score (nSPS) is 30.9. The molecule has 0 spiro atoms. The van der Waals surface area contributed by atoms with Gasteiger partial charge in [-0.25, -0.2) is 17.2 Å². The van der Waals surface area contributed by atoms with Crippen LogP contribution in [0.5, 0.6) is 0 Å². The van der Waals surface area contributed by atoms with Crippen LogP contribution < -0.4 is 11.1 Å². The summed E-state index contributed by atoms with van der Waals surface area (Å²) >= 11 is 0. The minimum Gasteiger partial charge on any atom is -0.369 e. The zero-order valence-corrected chi connectivity index (χ0v) is 20.6. The summed E-state index contributed by atoms with van der Waals surface area (Å²) in [6.07, 6.45) is 4.89. The number of halogens is 2. The molecule has 188 valence electrons. The van der Waals surface area contributed by atoms with E-state index in [0.29, 0.717) is 18.8 Å². The van der Waals surface area contributed by atoms with Crippen LogP contribution in [0.15, 0.2) is 23.1 Å². The Kier molecular flexibility index (Phi) is 6.29. The van der Waals surface area contributed by atoms with Crippen LogP contribution in [-0.2, 0) is 19.6 Å². The third-order valence-electron chi connectivity index (χ3n) is 8.47. The predicted molar refractivity (Wildman–Crippen MR) is 122 cm³/mol. The molecule has 0 aromatic heterocycles. The summed E-state index contributed by atoms with van der Waals surface area (Å²) in [5, 5.41) is 3.04. The van der Waals surface area contributed by atoms with Gasteiger partial charge in [-0.1, -0.05) is 19.4 Å². The van der Waals surface area contributed by atoms with Gasteiger partial charge in [0.05, 0.1) is 5.41 Å². The molecular weight excluding hydrogens is 464 g/mol. The van der Waals surface area contributed by atoms with Crippen molar-refractivity contribution in [1.82, 2.24) is 9.62 Å². The summed E-state index contributed by atoms with van der Waals surface area (Å²) in [7, 11) is -4.64. The Labute approximate surface area is 199 Å². The first kappa shape index (κ1) is 25.0. The van der Waals surface area contributed by atoms with Gasteiger partial charge in [0.15, 0.2) is 4.90 Å². The number of likely N-dealkylation sites (N-methyl/N-ethyl adjacent to an activating group) is 1. The van der Waals surface area contributed by atoms with E-state index in [2.05, 4.69) is 5.32 Å². The first-order valence-electron chi connectivity index (χ1n) is 11.9. The molecule has 7 nitrogen and oxygen atoms in total. The van der Waals surface area contributed by atoms with Gasteiger partial charge >= 0.3 is 0 Å². The maximum atomic E-state index is 14.3. The van der Waals surface area contributed by atoms with Gasteiger partial charge in [0.1, 0.15) is 17.2 Å². The monoisotopic (exact) mass is 497 g/mol. The van der Waals surface area contributed by atoms with Crippen LogP contribution in [0, 0.1) is 34.8 Å². The lowest BCUT2D eigenvalue weighted by Crippen LogP contribution is -2.63. The van der Waals surface area contributed by atoms with Crippen molar-refractivity contribution in [3.63, 3.8) is 0 Å². The molecule has 34 heavy (non-hydrogen) atoms. The summed E-state index contributed by atoms with van der Waals surface area (Å²) in [6.45, 7) is 4.24. The fourth-order valence-electron chi connectivity index (χ4n) is 6.82. The first-order valence-corrected chi connectivity index (χ1v) is 13.4. The number of carbonyl (C=O) groups excluding carboxylic acids is 2. The van der Waals surface area contributed by atoms with Crippen molar-refractivity contribution in [3.05, 3.63) is 29.8 Å². The number of rotatable bonds is 7. The van der Waals surface area contributed by atoms with Gasteiger partial charge in [0, 0.05) is 12.6 Å². The summed E-state index contributed by atoms with van der Waals surface area (Å²) in [4.78, 5) is 24.8. The van der Waals surface area contributed by atoms with Crippen molar-refractivity contribution in [3.8, 4) is 0 Å². The number of hydrogen-bond acceptors (Lipinski definition) is 4. The number of fused-ring (bicyclic) bond motifs is 2. The van der Waals surface area contributed by atoms with Crippen LogP contribution in [0.4, 0.5) is 8.78 Å². The highest BCUT2D eigenvalue weighted by molar-refractivity contribution is 7.89. The molecule has 1 aromatic rings. The van der Waals surface area contributed by atoms with E-state index in [-0.39, 0.29) is 30.3 Å². The Bertz CT molecular complexity index is 1090. The van der Waals surface area contributed by atoms with E-state index < -0.39 is 43.4 Å². The molecule has 0 heterocycles. The van der Waals surface area contributed by atoms with Gasteiger partial charge in [-0.15, -0.1) is 0 Å². The SMILES string of the molecule is CCN(C(C)(C)C(=O)NC1CC2CCC3CC1CC2(C(N)=O)C3)S(=O)(=O)c1c(F)cccc1F. The number of nitrogens with two attached hydrogens (primary N) is 1. The molecule has 3 saturated carbocycles. The fourth-order valence-corrected chi connectivity index (χ4v) is 8.69. The van der Waals surface area contributed by atoms with Gasteiger partial charge < -0.3 is 11.1 Å².